The van der Waals surface area contributed by atoms with E-state index in [1.165, 1.54) is 18.5 Å². The number of halogens is 4. The Kier molecular flexibility index (Phi) is 4.89. The topological polar surface area (TPSA) is 85.8 Å². The van der Waals surface area contributed by atoms with Crippen LogP contribution in [-0.4, -0.2) is 27.1 Å². The van der Waals surface area contributed by atoms with Crippen LogP contribution in [0.5, 0.6) is 0 Å². The van der Waals surface area contributed by atoms with Crippen molar-refractivity contribution in [2.45, 2.75) is 13.0 Å². The molecule has 26 heavy (non-hydrogen) atoms. The first-order chi connectivity index (χ1) is 12.3. The third kappa shape index (κ3) is 3.67. The van der Waals surface area contributed by atoms with Gasteiger partial charge in [-0.3, -0.25) is 9.48 Å². The lowest BCUT2D eigenvalue weighted by Gasteiger charge is -2.01. The Labute approximate surface area is 148 Å². The number of carbonyl (C=O) groups is 1. The summed E-state index contributed by atoms with van der Waals surface area (Å²) in [5.41, 5.74) is 5.28. The Morgan fingerprint density at radius 3 is 2.65 bits per heavy atom. The van der Waals surface area contributed by atoms with Gasteiger partial charge in [0.15, 0.2) is 5.69 Å². The van der Waals surface area contributed by atoms with Gasteiger partial charge < -0.3 is 11.1 Å². The fourth-order valence-corrected chi connectivity index (χ4v) is 3.04. The summed E-state index contributed by atoms with van der Waals surface area (Å²) in [4.78, 5) is 16.2. The molecule has 2 aromatic heterocycles. The van der Waals surface area contributed by atoms with Crippen molar-refractivity contribution in [3.63, 3.8) is 0 Å². The molecular formula is C15H11F4N5OS. The summed E-state index contributed by atoms with van der Waals surface area (Å²) in [6.45, 7) is -0.620. The van der Waals surface area contributed by atoms with E-state index < -0.39 is 30.5 Å². The Bertz CT molecular complexity index is 935. The lowest BCUT2D eigenvalue weighted by atomic mass is 10.2. The highest BCUT2D eigenvalue weighted by molar-refractivity contribution is 7.19. The van der Waals surface area contributed by atoms with E-state index in [1.807, 2.05) is 0 Å². The van der Waals surface area contributed by atoms with Gasteiger partial charge in [0.05, 0.1) is 17.4 Å². The average Bonchev–Trinajstić information content (AvgIpc) is 3.13. The van der Waals surface area contributed by atoms with Crippen LogP contribution >= 0.6 is 11.3 Å². The minimum absolute atomic E-state index is 0.0416. The molecule has 0 spiro atoms. The number of anilines is 2. The van der Waals surface area contributed by atoms with E-state index in [-0.39, 0.29) is 27.0 Å². The lowest BCUT2D eigenvalue weighted by molar-refractivity contribution is 0.102. The highest BCUT2D eigenvalue weighted by atomic mass is 32.1. The molecule has 1 amide bonds. The molecule has 0 aliphatic carbocycles. The minimum atomic E-state index is -2.59. The fraction of sp³-hybridized carbons (Fsp3) is 0.133. The predicted octanol–water partition coefficient (Wildman–Crippen LogP) is 3.38. The molecule has 2 heterocycles. The van der Waals surface area contributed by atoms with Crippen molar-refractivity contribution in [3.05, 3.63) is 47.9 Å². The van der Waals surface area contributed by atoms with E-state index in [9.17, 15) is 22.4 Å². The Balaban J connectivity index is 1.83. The van der Waals surface area contributed by atoms with Crippen LogP contribution in [0.2, 0.25) is 0 Å². The number of nitrogens with two attached hydrogens (primary N) is 1. The van der Waals surface area contributed by atoms with E-state index >= 15 is 0 Å². The van der Waals surface area contributed by atoms with Gasteiger partial charge in [0, 0.05) is 6.20 Å². The molecule has 0 radical (unpaired) electrons. The highest BCUT2D eigenvalue weighted by Crippen LogP contribution is 2.33. The third-order valence-corrected chi connectivity index (χ3v) is 4.16. The van der Waals surface area contributed by atoms with E-state index in [4.69, 9.17) is 5.73 Å². The molecule has 136 valence electrons. The number of carbonyl (C=O) groups excluding carboxylic acids is 1. The zero-order valence-electron chi connectivity index (χ0n) is 12.9. The third-order valence-electron chi connectivity index (χ3n) is 3.26. The number of alkyl halides is 2. The molecular weight excluding hydrogens is 374 g/mol. The van der Waals surface area contributed by atoms with Crippen LogP contribution in [0.1, 0.15) is 10.5 Å². The molecule has 0 unspecified atom stereocenters. The average molecular weight is 385 g/mol. The predicted molar refractivity (Wildman–Crippen MR) is 88.1 cm³/mol. The first kappa shape index (κ1) is 17.9. The molecule has 0 saturated heterocycles. The second-order valence-electron chi connectivity index (χ2n) is 5.12. The number of nitrogen functional groups attached to an aromatic ring is 1. The number of amides is 1. The Morgan fingerprint density at radius 1 is 1.31 bits per heavy atom. The van der Waals surface area contributed by atoms with Gasteiger partial charge in [-0.15, -0.1) is 0 Å². The van der Waals surface area contributed by atoms with Crippen LogP contribution in [-0.2, 0) is 6.54 Å². The summed E-state index contributed by atoms with van der Waals surface area (Å²) < 4.78 is 53.3. The maximum atomic E-state index is 13.8. The van der Waals surface area contributed by atoms with Crippen LogP contribution in [0.25, 0.3) is 10.6 Å². The number of hydrogen-bond acceptors (Lipinski definition) is 5. The molecule has 1 aromatic carbocycles. The second kappa shape index (κ2) is 7.12. The maximum Gasteiger partial charge on any atom is 0.277 e. The van der Waals surface area contributed by atoms with Crippen molar-refractivity contribution in [2.24, 2.45) is 0 Å². The van der Waals surface area contributed by atoms with E-state index in [0.29, 0.717) is 0 Å². The van der Waals surface area contributed by atoms with Gasteiger partial charge in [-0.1, -0.05) is 17.4 Å². The first-order valence-electron chi connectivity index (χ1n) is 7.17. The highest BCUT2D eigenvalue weighted by Gasteiger charge is 2.21. The first-order valence-corrected chi connectivity index (χ1v) is 7.99. The molecule has 6 nitrogen and oxygen atoms in total. The molecule has 11 heteroatoms. The van der Waals surface area contributed by atoms with Gasteiger partial charge in [0.25, 0.3) is 12.3 Å². The lowest BCUT2D eigenvalue weighted by Crippen LogP contribution is -2.13. The quantitative estimate of drug-likeness (QED) is 0.660. The Morgan fingerprint density at radius 2 is 2.00 bits per heavy atom. The minimum Gasteiger partial charge on any atom is -0.389 e. The van der Waals surface area contributed by atoms with E-state index in [1.54, 1.807) is 0 Å². The van der Waals surface area contributed by atoms with Gasteiger partial charge >= 0.3 is 0 Å². The fourth-order valence-electron chi connectivity index (χ4n) is 2.16. The largest absolute Gasteiger partial charge is 0.389 e. The second-order valence-corrected chi connectivity index (χ2v) is 6.16. The van der Waals surface area contributed by atoms with Crippen LogP contribution < -0.4 is 11.1 Å². The molecule has 0 aliphatic heterocycles. The monoisotopic (exact) mass is 385 g/mol. The van der Waals surface area contributed by atoms with Gasteiger partial charge in [-0.25, -0.2) is 22.5 Å². The molecule has 0 bridgehead atoms. The standard InChI is InChI=1S/C15H11F4N5OS/c16-8-2-1-3-9(17)11(8)15-23-12(13(20)26-15)14(25)22-7-4-21-24(5-7)6-10(18)19/h1-5,10H,6,20H2,(H,22,25). The number of nitrogens with zero attached hydrogens (tertiary/aromatic N) is 3. The van der Waals surface area contributed by atoms with Crippen molar-refractivity contribution in [1.29, 1.82) is 0 Å². The summed E-state index contributed by atoms with van der Waals surface area (Å²) in [5, 5.41) is 5.94. The summed E-state index contributed by atoms with van der Waals surface area (Å²) in [5.74, 6) is -2.42. The zero-order valence-corrected chi connectivity index (χ0v) is 13.7. The van der Waals surface area contributed by atoms with Gasteiger partial charge in [-0.05, 0) is 12.1 Å². The maximum absolute atomic E-state index is 13.8. The van der Waals surface area contributed by atoms with Crippen LogP contribution in [0.15, 0.2) is 30.6 Å². The number of nitrogens with one attached hydrogen (secondary N) is 1. The molecule has 0 atom stereocenters. The number of rotatable bonds is 5. The summed E-state index contributed by atoms with van der Waals surface area (Å²) in [6, 6.07) is 3.33. The molecule has 3 rings (SSSR count). The van der Waals surface area contributed by atoms with Crippen molar-refractivity contribution in [3.8, 4) is 10.6 Å². The molecule has 0 aliphatic rings. The number of benzene rings is 1. The van der Waals surface area contributed by atoms with Crippen molar-refractivity contribution >= 4 is 27.9 Å². The molecule has 3 aromatic rings. The normalized spacial score (nSPS) is 11.1. The zero-order chi connectivity index (χ0) is 18.8. The number of hydrogen-bond donors (Lipinski definition) is 2. The van der Waals surface area contributed by atoms with Gasteiger partial charge in [0.1, 0.15) is 28.2 Å². The molecule has 0 fully saturated rings. The van der Waals surface area contributed by atoms with Crippen LogP contribution in [0.3, 0.4) is 0 Å². The SMILES string of the molecule is Nc1sc(-c2c(F)cccc2F)nc1C(=O)Nc1cnn(CC(F)F)c1. The van der Waals surface area contributed by atoms with E-state index in [0.717, 1.165) is 28.2 Å². The van der Waals surface area contributed by atoms with Crippen molar-refractivity contribution < 1.29 is 22.4 Å². The number of aromatic nitrogens is 3. The summed E-state index contributed by atoms with van der Waals surface area (Å²) in [6.07, 6.45) is -0.199. The smallest absolute Gasteiger partial charge is 0.277 e. The van der Waals surface area contributed by atoms with Gasteiger partial charge in [0.2, 0.25) is 0 Å². The number of thiazole rings is 1. The Hall–Kier alpha value is -2.95. The molecule has 0 saturated carbocycles. The van der Waals surface area contributed by atoms with E-state index in [2.05, 4.69) is 15.4 Å². The van der Waals surface area contributed by atoms with Crippen LogP contribution in [0.4, 0.5) is 28.3 Å². The van der Waals surface area contributed by atoms with Crippen LogP contribution in [0, 0.1) is 11.6 Å². The summed E-state index contributed by atoms with van der Waals surface area (Å²) in [7, 11) is 0. The van der Waals surface area contributed by atoms with Crippen molar-refractivity contribution in [2.75, 3.05) is 11.1 Å². The van der Waals surface area contributed by atoms with Gasteiger partial charge in [-0.2, -0.15) is 5.10 Å². The summed E-state index contributed by atoms with van der Waals surface area (Å²) >= 11 is 0.754. The van der Waals surface area contributed by atoms with Crippen molar-refractivity contribution in [1.82, 2.24) is 14.8 Å². The molecule has 3 N–H and O–H groups in total.